The molecule has 0 aliphatic carbocycles. The number of aromatic hydroxyl groups is 1. The molecule has 26 heavy (non-hydrogen) atoms. The van der Waals surface area contributed by atoms with Crippen LogP contribution < -0.4 is 10.6 Å². The predicted octanol–water partition coefficient (Wildman–Crippen LogP) is 3.49. The lowest BCUT2D eigenvalue weighted by Crippen LogP contribution is -2.36. The third-order valence-corrected chi connectivity index (χ3v) is 4.55. The number of nitrogens with zero attached hydrogens (tertiary/aromatic N) is 3. The van der Waals surface area contributed by atoms with Crippen molar-refractivity contribution in [3.63, 3.8) is 0 Å². The minimum atomic E-state index is -1.74. The highest BCUT2D eigenvalue weighted by Gasteiger charge is 2.23. The molecule has 0 saturated heterocycles. The van der Waals surface area contributed by atoms with Crippen molar-refractivity contribution in [1.29, 1.82) is 0 Å². The Hall–Kier alpha value is -3.18. The van der Waals surface area contributed by atoms with Gasteiger partial charge < -0.3 is 15.7 Å². The van der Waals surface area contributed by atoms with Crippen LogP contribution in [-0.2, 0) is 11.2 Å². The van der Waals surface area contributed by atoms with Gasteiger partial charge in [0.25, 0.3) is 11.2 Å². The molecule has 1 aliphatic heterocycles. The molecule has 0 saturated carbocycles. The van der Waals surface area contributed by atoms with Crippen LogP contribution in [0.1, 0.15) is 24.9 Å². The highest BCUT2D eigenvalue weighted by molar-refractivity contribution is 7.83. The van der Waals surface area contributed by atoms with E-state index < -0.39 is 11.2 Å². The molecular formula is C18H17N5O2S. The Labute approximate surface area is 154 Å². The Morgan fingerprint density at radius 2 is 1.88 bits per heavy atom. The number of hydrogen-bond donors (Lipinski definition) is 3. The van der Waals surface area contributed by atoms with Gasteiger partial charge >= 0.3 is 0 Å². The highest BCUT2D eigenvalue weighted by atomic mass is 32.2. The number of benzene rings is 2. The molecule has 2 aromatic rings. The predicted molar refractivity (Wildman–Crippen MR) is 104 cm³/mol. The lowest BCUT2D eigenvalue weighted by molar-refractivity contribution is 0.481. The highest BCUT2D eigenvalue weighted by Crippen LogP contribution is 2.34. The van der Waals surface area contributed by atoms with Gasteiger partial charge in [-0.1, -0.05) is 49.4 Å². The molecule has 1 unspecified atom stereocenters. The maximum atomic E-state index is 11.8. The number of rotatable bonds is 4. The summed E-state index contributed by atoms with van der Waals surface area (Å²) in [7, 11) is 0. The van der Waals surface area contributed by atoms with E-state index in [0.717, 1.165) is 12.0 Å². The van der Waals surface area contributed by atoms with E-state index in [1.165, 1.54) is 6.07 Å². The number of nitrogens with one attached hydrogen (secondary N) is 2. The average molecular weight is 367 g/mol. The van der Waals surface area contributed by atoms with Gasteiger partial charge in [-0.2, -0.15) is 0 Å². The van der Waals surface area contributed by atoms with Crippen LogP contribution >= 0.6 is 0 Å². The normalized spacial score (nSPS) is 17.0. The number of hydrogen-bond acceptors (Lipinski definition) is 4. The van der Waals surface area contributed by atoms with Gasteiger partial charge in [-0.05, 0) is 18.1 Å². The fraction of sp³-hybridized carbons (Fsp3) is 0.167. The first-order valence-corrected chi connectivity index (χ1v) is 9.06. The first kappa shape index (κ1) is 17.6. The number of para-hydroxylation sites is 1. The van der Waals surface area contributed by atoms with E-state index in [1.54, 1.807) is 12.1 Å². The SMILES string of the molecule is [C-]#[N+]c1cccc(NC2=NS(=O)N=C2N[C@H](CC)c2ccccc2)c1O. The van der Waals surface area contributed by atoms with Gasteiger partial charge in [-0.15, -0.1) is 8.80 Å². The quantitative estimate of drug-likeness (QED) is 0.570. The van der Waals surface area contributed by atoms with Gasteiger partial charge in [0.2, 0.25) is 5.69 Å². The lowest BCUT2D eigenvalue weighted by Gasteiger charge is -2.19. The van der Waals surface area contributed by atoms with E-state index in [-0.39, 0.29) is 23.3 Å². The number of amidine groups is 2. The maximum absolute atomic E-state index is 11.8. The standard InChI is InChI=1S/C18H17N5O2S/c1-3-13(12-8-5-4-6-9-12)20-17-18(23-26(25)22-17)21-15-11-7-10-14(19-2)16(15)24/h4-11,13,24H,3H2,1H3,(H,20,22)(H,21,23)/t13-,26?/m1/s1. The van der Waals surface area contributed by atoms with Crippen molar-refractivity contribution in [2.45, 2.75) is 19.4 Å². The Balaban J connectivity index is 1.83. The second-order valence-corrected chi connectivity index (χ2v) is 6.36. The first-order valence-electron chi connectivity index (χ1n) is 8.00. The molecule has 2 atom stereocenters. The second-order valence-electron chi connectivity index (χ2n) is 5.54. The fourth-order valence-electron chi connectivity index (χ4n) is 2.56. The van der Waals surface area contributed by atoms with Crippen LogP contribution in [0.2, 0.25) is 0 Å². The van der Waals surface area contributed by atoms with Crippen LogP contribution in [0, 0.1) is 6.57 Å². The largest absolute Gasteiger partial charge is 0.517 e. The van der Waals surface area contributed by atoms with Crippen molar-refractivity contribution in [1.82, 2.24) is 5.32 Å². The summed E-state index contributed by atoms with van der Waals surface area (Å²) in [5.41, 5.74) is 1.50. The monoisotopic (exact) mass is 367 g/mol. The lowest BCUT2D eigenvalue weighted by atomic mass is 10.0. The Kier molecular flexibility index (Phi) is 5.29. The summed E-state index contributed by atoms with van der Waals surface area (Å²) in [6.45, 7) is 9.11. The van der Waals surface area contributed by atoms with Gasteiger partial charge in [-0.25, -0.2) is 9.05 Å². The van der Waals surface area contributed by atoms with Crippen LogP contribution in [0.25, 0.3) is 4.85 Å². The maximum Gasteiger partial charge on any atom is 0.269 e. The first-order chi connectivity index (χ1) is 12.6. The van der Waals surface area contributed by atoms with Gasteiger partial charge in [0.15, 0.2) is 11.7 Å². The zero-order chi connectivity index (χ0) is 18.5. The summed E-state index contributed by atoms with van der Waals surface area (Å²) < 4.78 is 19.8. The molecule has 8 heteroatoms. The summed E-state index contributed by atoms with van der Waals surface area (Å²) in [6, 6.07) is 14.6. The van der Waals surface area contributed by atoms with Crippen LogP contribution in [0.3, 0.4) is 0 Å². The van der Waals surface area contributed by atoms with E-state index in [0.29, 0.717) is 11.5 Å². The minimum absolute atomic E-state index is 0.0276. The zero-order valence-corrected chi connectivity index (χ0v) is 14.8. The van der Waals surface area contributed by atoms with E-state index in [1.807, 2.05) is 37.3 Å². The zero-order valence-electron chi connectivity index (χ0n) is 14.0. The van der Waals surface area contributed by atoms with Gasteiger partial charge in [0.1, 0.15) is 5.75 Å². The summed E-state index contributed by atoms with van der Waals surface area (Å²) in [4.78, 5) is 3.25. The van der Waals surface area contributed by atoms with Crippen LogP contribution in [-0.4, -0.2) is 21.0 Å². The molecule has 132 valence electrons. The molecular weight excluding hydrogens is 350 g/mol. The molecule has 0 aromatic heterocycles. The van der Waals surface area contributed by atoms with Gasteiger partial charge in [0.05, 0.1) is 18.3 Å². The molecule has 0 bridgehead atoms. The topological polar surface area (TPSA) is 90.4 Å². The van der Waals surface area contributed by atoms with Crippen LogP contribution in [0.15, 0.2) is 57.3 Å². The molecule has 2 aromatic carbocycles. The Morgan fingerprint density at radius 1 is 1.15 bits per heavy atom. The van der Waals surface area contributed by atoms with Crippen molar-refractivity contribution >= 4 is 34.2 Å². The summed E-state index contributed by atoms with van der Waals surface area (Å²) in [5, 5.41) is 16.3. The summed E-state index contributed by atoms with van der Waals surface area (Å²) in [6.07, 6.45) is 0.793. The Morgan fingerprint density at radius 3 is 2.58 bits per heavy atom. The average Bonchev–Trinajstić information content (AvgIpc) is 3.01. The van der Waals surface area contributed by atoms with E-state index in [2.05, 4.69) is 24.3 Å². The third kappa shape index (κ3) is 3.73. The fourth-order valence-corrected chi connectivity index (χ4v) is 3.19. The molecule has 0 fully saturated rings. The smallest absolute Gasteiger partial charge is 0.269 e. The molecule has 0 spiro atoms. The van der Waals surface area contributed by atoms with Gasteiger partial charge in [0, 0.05) is 0 Å². The van der Waals surface area contributed by atoms with Crippen molar-refractivity contribution in [2.75, 3.05) is 5.32 Å². The van der Waals surface area contributed by atoms with Crippen molar-refractivity contribution in [3.8, 4) is 5.75 Å². The molecule has 3 N–H and O–H groups in total. The number of anilines is 1. The Bertz CT molecular complexity index is 934. The molecule has 1 heterocycles. The molecule has 1 aliphatic rings. The van der Waals surface area contributed by atoms with E-state index in [4.69, 9.17) is 6.57 Å². The van der Waals surface area contributed by atoms with Crippen molar-refractivity contribution < 1.29 is 9.32 Å². The molecule has 0 amide bonds. The van der Waals surface area contributed by atoms with Crippen LogP contribution in [0.4, 0.5) is 11.4 Å². The third-order valence-electron chi connectivity index (χ3n) is 3.87. The number of phenols is 1. The van der Waals surface area contributed by atoms with E-state index in [9.17, 15) is 9.32 Å². The molecule has 7 nitrogen and oxygen atoms in total. The van der Waals surface area contributed by atoms with Crippen LogP contribution in [0.5, 0.6) is 5.75 Å². The summed E-state index contributed by atoms with van der Waals surface area (Å²) >= 11 is -1.74. The number of phenolic OH excluding ortho intramolecular Hbond substituents is 1. The van der Waals surface area contributed by atoms with Gasteiger partial charge in [-0.3, -0.25) is 0 Å². The van der Waals surface area contributed by atoms with E-state index >= 15 is 0 Å². The summed E-state index contributed by atoms with van der Waals surface area (Å²) in [5.74, 6) is 0.430. The minimum Gasteiger partial charge on any atom is -0.517 e. The van der Waals surface area contributed by atoms with Crippen molar-refractivity contribution in [2.24, 2.45) is 8.80 Å². The molecule has 0 radical (unpaired) electrons. The molecule has 3 rings (SSSR count). The van der Waals surface area contributed by atoms with Crippen molar-refractivity contribution in [3.05, 3.63) is 65.5 Å². The second kappa shape index (κ2) is 7.80.